The van der Waals surface area contributed by atoms with Crippen LogP contribution in [-0.2, 0) is 23.1 Å². The predicted octanol–water partition coefficient (Wildman–Crippen LogP) is 6.22. The molecule has 0 saturated heterocycles. The van der Waals surface area contributed by atoms with Crippen molar-refractivity contribution in [1.82, 2.24) is 0 Å². The SMILES string of the molecule is CCOP(=O)(OCC)C(F)C(=O)OCCC(F)(F)C(F)(F)C(F)(F)C(F)(F)C(F)(F)C(F)(F)F. The minimum absolute atomic E-state index is 0.541. The first-order chi connectivity index (χ1) is 14.9. The summed E-state index contributed by atoms with van der Waals surface area (Å²) in [5.74, 6) is -43.8. The van der Waals surface area contributed by atoms with Crippen molar-refractivity contribution in [1.29, 1.82) is 0 Å². The molecule has 0 radical (unpaired) electrons. The zero-order chi connectivity index (χ0) is 27.6. The summed E-state index contributed by atoms with van der Waals surface area (Å²) in [5.41, 5.74) is 0. The summed E-state index contributed by atoms with van der Waals surface area (Å²) < 4.78 is 207. The Morgan fingerprint density at radius 3 is 1.47 bits per heavy atom. The average molecular weight is 560 g/mol. The number of ether oxygens (including phenoxy) is 1. The Hall–Kier alpha value is -1.36. The first-order valence-electron chi connectivity index (χ1n) is 8.56. The van der Waals surface area contributed by atoms with E-state index in [-0.39, 0.29) is 0 Å². The number of carbonyl (C=O) groups is 1. The van der Waals surface area contributed by atoms with Gasteiger partial charge in [0.1, 0.15) is 0 Å². The number of rotatable bonds is 13. The molecule has 1 unspecified atom stereocenters. The third-order valence-electron chi connectivity index (χ3n) is 3.75. The monoisotopic (exact) mass is 560 g/mol. The predicted molar refractivity (Wildman–Crippen MR) is 82.1 cm³/mol. The number of halogens is 14. The molecule has 34 heavy (non-hydrogen) atoms. The molecule has 20 heteroatoms. The van der Waals surface area contributed by atoms with E-state index < -0.39 is 81.5 Å². The number of hydrogen-bond donors (Lipinski definition) is 0. The molecule has 0 saturated carbocycles. The maximum Gasteiger partial charge on any atom is 0.460 e. The first-order valence-corrected chi connectivity index (χ1v) is 10.2. The van der Waals surface area contributed by atoms with E-state index in [1.54, 1.807) is 0 Å². The second kappa shape index (κ2) is 10.3. The van der Waals surface area contributed by atoms with Gasteiger partial charge in [0, 0.05) is 0 Å². The van der Waals surface area contributed by atoms with Gasteiger partial charge in [-0.05, 0) is 13.8 Å². The Balaban J connectivity index is 5.69. The van der Waals surface area contributed by atoms with Crippen LogP contribution in [0.25, 0.3) is 0 Å². The third-order valence-corrected chi connectivity index (χ3v) is 5.75. The van der Waals surface area contributed by atoms with Gasteiger partial charge >= 0.3 is 49.4 Å². The summed E-state index contributed by atoms with van der Waals surface area (Å²) in [5, 5.41) is 0. The molecule has 0 spiro atoms. The van der Waals surface area contributed by atoms with Gasteiger partial charge in [0.2, 0.25) is 0 Å². The zero-order valence-corrected chi connectivity index (χ0v) is 17.6. The molecule has 5 nitrogen and oxygen atoms in total. The van der Waals surface area contributed by atoms with Gasteiger partial charge in [0.15, 0.2) is 0 Å². The van der Waals surface area contributed by atoms with Crippen LogP contribution in [0.15, 0.2) is 0 Å². The molecule has 0 aliphatic rings. The van der Waals surface area contributed by atoms with Gasteiger partial charge in [-0.3, -0.25) is 4.57 Å². The minimum Gasteiger partial charge on any atom is -0.463 e. The highest BCUT2D eigenvalue weighted by atomic mass is 31.2. The summed E-state index contributed by atoms with van der Waals surface area (Å²) >= 11 is 0. The summed E-state index contributed by atoms with van der Waals surface area (Å²) in [7, 11) is -4.95. The normalized spacial score (nSPS) is 15.9. The van der Waals surface area contributed by atoms with Crippen LogP contribution in [-0.4, -0.2) is 67.5 Å². The van der Waals surface area contributed by atoms with Crippen molar-refractivity contribution in [2.75, 3.05) is 19.8 Å². The van der Waals surface area contributed by atoms with Crippen molar-refractivity contribution in [2.24, 2.45) is 0 Å². The Kier molecular flexibility index (Phi) is 9.91. The lowest BCUT2D eigenvalue weighted by atomic mass is 9.93. The molecule has 0 aromatic heterocycles. The van der Waals surface area contributed by atoms with Gasteiger partial charge < -0.3 is 13.8 Å². The average Bonchev–Trinajstić information content (AvgIpc) is 2.65. The highest BCUT2D eigenvalue weighted by molar-refractivity contribution is 7.55. The third kappa shape index (κ3) is 5.71. The Bertz CT molecular complexity index is 744. The molecule has 0 aliphatic heterocycles. The van der Waals surface area contributed by atoms with E-state index in [2.05, 4.69) is 13.8 Å². The second-order valence-electron chi connectivity index (χ2n) is 6.13. The fourth-order valence-electron chi connectivity index (χ4n) is 1.96. The van der Waals surface area contributed by atoms with Crippen molar-refractivity contribution in [3.8, 4) is 0 Å². The van der Waals surface area contributed by atoms with Gasteiger partial charge in [-0.2, -0.15) is 57.1 Å². The van der Waals surface area contributed by atoms with Crippen molar-refractivity contribution in [3.05, 3.63) is 0 Å². The quantitative estimate of drug-likeness (QED) is 0.152. The van der Waals surface area contributed by atoms with Crippen molar-refractivity contribution < 1.29 is 84.6 Å². The van der Waals surface area contributed by atoms with Gasteiger partial charge in [0.05, 0.1) is 26.2 Å². The molecule has 0 aromatic carbocycles. The van der Waals surface area contributed by atoms with Crippen LogP contribution >= 0.6 is 7.60 Å². The van der Waals surface area contributed by atoms with E-state index in [0.717, 1.165) is 13.8 Å². The molecular weight excluding hydrogens is 545 g/mol. The van der Waals surface area contributed by atoms with E-state index in [4.69, 9.17) is 0 Å². The molecular formula is C14H15F14O5P. The lowest BCUT2D eigenvalue weighted by Crippen LogP contribution is -2.70. The summed E-state index contributed by atoms with van der Waals surface area (Å²) in [6.07, 6.45) is -10.4. The van der Waals surface area contributed by atoms with Crippen molar-refractivity contribution in [2.45, 2.75) is 62.0 Å². The minimum atomic E-state index is -8.08. The van der Waals surface area contributed by atoms with Gasteiger partial charge in [-0.1, -0.05) is 0 Å². The van der Waals surface area contributed by atoms with Crippen LogP contribution in [0.2, 0.25) is 0 Å². The molecule has 0 aromatic rings. The van der Waals surface area contributed by atoms with Crippen LogP contribution in [0.3, 0.4) is 0 Å². The van der Waals surface area contributed by atoms with E-state index in [1.165, 1.54) is 0 Å². The van der Waals surface area contributed by atoms with E-state index in [0.29, 0.717) is 0 Å². The topological polar surface area (TPSA) is 61.8 Å². The first kappa shape index (κ1) is 32.6. The van der Waals surface area contributed by atoms with Gasteiger partial charge in [0.25, 0.3) is 5.91 Å². The maximum atomic E-state index is 13.9. The summed E-state index contributed by atoms with van der Waals surface area (Å²) in [6, 6.07) is 0. The molecule has 0 bridgehead atoms. The largest absolute Gasteiger partial charge is 0.463 e. The Labute approximate surface area is 181 Å². The van der Waals surface area contributed by atoms with Crippen LogP contribution in [0.4, 0.5) is 61.5 Å². The number of alkyl halides is 14. The van der Waals surface area contributed by atoms with Crippen LogP contribution in [0.1, 0.15) is 20.3 Å². The highest BCUT2D eigenvalue weighted by Gasteiger charge is 2.90. The Morgan fingerprint density at radius 2 is 1.12 bits per heavy atom. The molecule has 0 heterocycles. The van der Waals surface area contributed by atoms with Crippen molar-refractivity contribution in [3.63, 3.8) is 0 Å². The van der Waals surface area contributed by atoms with E-state index in [1.807, 2.05) is 0 Å². The van der Waals surface area contributed by atoms with Gasteiger partial charge in [-0.15, -0.1) is 0 Å². The zero-order valence-electron chi connectivity index (χ0n) is 16.7. The fraction of sp³-hybridized carbons (Fsp3) is 0.929. The lowest BCUT2D eigenvalue weighted by Gasteiger charge is -2.39. The molecule has 0 fully saturated rings. The number of carbonyl (C=O) groups excluding carboxylic acids is 1. The van der Waals surface area contributed by atoms with Gasteiger partial charge in [-0.25, -0.2) is 9.18 Å². The van der Waals surface area contributed by atoms with Crippen molar-refractivity contribution >= 4 is 13.6 Å². The van der Waals surface area contributed by atoms with E-state index >= 15 is 0 Å². The van der Waals surface area contributed by atoms with E-state index in [9.17, 15) is 70.8 Å². The number of esters is 1. The standard InChI is InChI=1S/C14H15F14O5P/c1-3-32-34(30,33-4-2)7(15)8(29)31-6-5-9(16,17)10(18,19)11(20,21)12(22,23)13(24,25)14(26,27)28/h7H,3-6H2,1-2H3. The fourth-order valence-corrected chi connectivity index (χ4v) is 3.35. The molecule has 1 atom stereocenters. The Morgan fingerprint density at radius 1 is 0.735 bits per heavy atom. The van der Waals surface area contributed by atoms with Crippen LogP contribution in [0.5, 0.6) is 0 Å². The highest BCUT2D eigenvalue weighted by Crippen LogP contribution is 2.60. The van der Waals surface area contributed by atoms with Crippen LogP contribution in [0, 0.1) is 0 Å². The van der Waals surface area contributed by atoms with Crippen LogP contribution < -0.4 is 0 Å². The summed E-state index contributed by atoms with van der Waals surface area (Å²) in [6.45, 7) is -1.02. The lowest BCUT2D eigenvalue weighted by molar-refractivity contribution is -0.440. The molecule has 204 valence electrons. The molecule has 0 rings (SSSR count). The smallest absolute Gasteiger partial charge is 0.460 e. The maximum absolute atomic E-state index is 13.9. The molecule has 0 N–H and O–H groups in total. The summed E-state index contributed by atoms with van der Waals surface area (Å²) in [4.78, 5) is 11.4. The molecule has 0 aliphatic carbocycles. The molecule has 0 amide bonds. The number of hydrogen-bond acceptors (Lipinski definition) is 5. The second-order valence-corrected chi connectivity index (χ2v) is 8.18.